The number of nitrogens with one attached hydrogen (secondary N) is 1. The number of hydrogen-bond donors (Lipinski definition) is 1. The van der Waals surface area contributed by atoms with Gasteiger partial charge in [-0.25, -0.2) is 0 Å². The van der Waals surface area contributed by atoms with Crippen LogP contribution in [0, 0.1) is 0 Å². The van der Waals surface area contributed by atoms with Crippen LogP contribution in [0.25, 0.3) is 10.6 Å². The molecule has 0 aliphatic rings. The number of alkyl halides is 1. The average Bonchev–Trinajstić information content (AvgIpc) is 2.74. The van der Waals surface area contributed by atoms with Crippen molar-refractivity contribution in [3.05, 3.63) is 29.3 Å². The molecule has 0 aromatic carbocycles. The lowest BCUT2D eigenvalue weighted by Gasteiger charge is -1.93. The lowest BCUT2D eigenvalue weighted by molar-refractivity contribution is 1.10. The van der Waals surface area contributed by atoms with Crippen molar-refractivity contribution in [2.75, 3.05) is 0 Å². The molecule has 12 heavy (non-hydrogen) atoms. The van der Waals surface area contributed by atoms with Gasteiger partial charge in [0.05, 0.1) is 16.8 Å². The van der Waals surface area contributed by atoms with E-state index < -0.39 is 0 Å². The number of thiophene rings is 1. The molecule has 2 aromatic rings. The van der Waals surface area contributed by atoms with Crippen LogP contribution in [-0.2, 0) is 5.33 Å². The lowest BCUT2D eigenvalue weighted by Crippen LogP contribution is -1.77. The average molecular weight is 243 g/mol. The fourth-order valence-corrected chi connectivity index (χ4v) is 2.23. The van der Waals surface area contributed by atoms with Crippen molar-refractivity contribution in [3.63, 3.8) is 0 Å². The number of hydrogen-bond acceptors (Lipinski definition) is 2. The van der Waals surface area contributed by atoms with Crippen molar-refractivity contribution in [1.29, 1.82) is 0 Å². The molecule has 0 radical (unpaired) electrons. The summed E-state index contributed by atoms with van der Waals surface area (Å²) >= 11 is 5.14. The standard InChI is InChI=1S/C8H7BrN2S/c9-4-6-5-10-11-8(6)7-2-1-3-12-7/h1-3,5H,4H2,(H,10,11). The van der Waals surface area contributed by atoms with Crippen LogP contribution in [0.2, 0.25) is 0 Å². The fraction of sp³-hybridized carbons (Fsp3) is 0.125. The molecule has 4 heteroatoms. The van der Waals surface area contributed by atoms with E-state index in [0.29, 0.717) is 0 Å². The number of aromatic amines is 1. The summed E-state index contributed by atoms with van der Waals surface area (Å²) in [6.07, 6.45) is 1.85. The first-order chi connectivity index (χ1) is 5.92. The summed E-state index contributed by atoms with van der Waals surface area (Å²) in [6, 6.07) is 4.13. The molecule has 0 spiro atoms. The van der Waals surface area contributed by atoms with Crippen LogP contribution in [0.15, 0.2) is 23.7 Å². The van der Waals surface area contributed by atoms with Gasteiger partial charge in [-0.3, -0.25) is 5.10 Å². The first kappa shape index (κ1) is 8.01. The molecule has 0 bridgehead atoms. The predicted molar refractivity (Wildman–Crippen MR) is 54.5 cm³/mol. The number of H-pyrrole nitrogens is 1. The molecule has 0 saturated heterocycles. The molecule has 2 nitrogen and oxygen atoms in total. The molecule has 0 amide bonds. The Kier molecular flexibility index (Phi) is 2.28. The van der Waals surface area contributed by atoms with E-state index in [2.05, 4.69) is 37.6 Å². The number of aromatic nitrogens is 2. The summed E-state index contributed by atoms with van der Waals surface area (Å²) in [6.45, 7) is 0. The molecule has 62 valence electrons. The minimum absolute atomic E-state index is 0.844. The van der Waals surface area contributed by atoms with Crippen molar-refractivity contribution in [2.24, 2.45) is 0 Å². The third-order valence-electron chi connectivity index (χ3n) is 1.63. The summed E-state index contributed by atoms with van der Waals surface area (Å²) in [4.78, 5) is 1.24. The van der Waals surface area contributed by atoms with Crippen LogP contribution < -0.4 is 0 Å². The first-order valence-corrected chi connectivity index (χ1v) is 5.54. The van der Waals surface area contributed by atoms with Crippen molar-refractivity contribution in [2.45, 2.75) is 5.33 Å². The van der Waals surface area contributed by atoms with E-state index in [9.17, 15) is 0 Å². The number of nitrogens with zero attached hydrogens (tertiary/aromatic N) is 1. The maximum Gasteiger partial charge on any atom is 0.0790 e. The van der Waals surface area contributed by atoms with Gasteiger partial charge in [0.2, 0.25) is 0 Å². The largest absolute Gasteiger partial charge is 0.277 e. The molecule has 0 saturated carbocycles. The summed E-state index contributed by atoms with van der Waals surface area (Å²) in [5.74, 6) is 0. The second-order valence-corrected chi connectivity index (χ2v) is 3.89. The van der Waals surface area contributed by atoms with E-state index >= 15 is 0 Å². The summed E-state index contributed by atoms with van der Waals surface area (Å²) in [5.41, 5.74) is 2.33. The Balaban J connectivity index is 2.46. The summed E-state index contributed by atoms with van der Waals surface area (Å²) in [7, 11) is 0. The molecule has 0 aliphatic heterocycles. The predicted octanol–water partition coefficient (Wildman–Crippen LogP) is 3.03. The molecule has 2 rings (SSSR count). The summed E-state index contributed by atoms with van der Waals surface area (Å²) < 4.78 is 0. The minimum atomic E-state index is 0.844. The molecule has 0 atom stereocenters. The Hall–Kier alpha value is -0.610. The van der Waals surface area contributed by atoms with Gasteiger partial charge in [0, 0.05) is 10.9 Å². The highest BCUT2D eigenvalue weighted by atomic mass is 79.9. The normalized spacial score (nSPS) is 10.4. The molecule has 0 fully saturated rings. The van der Waals surface area contributed by atoms with Gasteiger partial charge in [0.15, 0.2) is 0 Å². The van der Waals surface area contributed by atoms with Gasteiger partial charge < -0.3 is 0 Å². The highest BCUT2D eigenvalue weighted by Gasteiger charge is 2.05. The lowest BCUT2D eigenvalue weighted by atomic mass is 10.2. The van der Waals surface area contributed by atoms with Gasteiger partial charge in [-0.05, 0) is 11.4 Å². The van der Waals surface area contributed by atoms with E-state index in [4.69, 9.17) is 0 Å². The second kappa shape index (κ2) is 3.41. The van der Waals surface area contributed by atoms with Crippen LogP contribution in [0.5, 0.6) is 0 Å². The van der Waals surface area contributed by atoms with Gasteiger partial charge in [-0.1, -0.05) is 22.0 Å². The molecular weight excluding hydrogens is 236 g/mol. The van der Waals surface area contributed by atoms with E-state index in [1.165, 1.54) is 10.4 Å². The van der Waals surface area contributed by atoms with Gasteiger partial charge in [0.25, 0.3) is 0 Å². The van der Waals surface area contributed by atoms with Crippen LogP contribution in [0.1, 0.15) is 5.56 Å². The molecule has 2 heterocycles. The Morgan fingerprint density at radius 3 is 3.17 bits per heavy atom. The molecular formula is C8H7BrN2S. The van der Waals surface area contributed by atoms with Gasteiger partial charge >= 0.3 is 0 Å². The van der Waals surface area contributed by atoms with Crippen LogP contribution in [0.3, 0.4) is 0 Å². The number of halogens is 1. The molecule has 0 unspecified atom stereocenters. The topological polar surface area (TPSA) is 28.7 Å². The Morgan fingerprint density at radius 2 is 2.50 bits per heavy atom. The van der Waals surface area contributed by atoms with E-state index in [-0.39, 0.29) is 0 Å². The van der Waals surface area contributed by atoms with Crippen LogP contribution in [0.4, 0.5) is 0 Å². The first-order valence-electron chi connectivity index (χ1n) is 3.54. The van der Waals surface area contributed by atoms with Crippen molar-refractivity contribution >= 4 is 27.3 Å². The second-order valence-electron chi connectivity index (χ2n) is 2.38. The van der Waals surface area contributed by atoms with Gasteiger partial charge in [0.1, 0.15) is 0 Å². The Labute approximate surface area is 82.8 Å². The SMILES string of the molecule is BrCc1cn[nH]c1-c1cccs1. The molecule has 0 aliphatic carbocycles. The number of rotatable bonds is 2. The Bertz CT molecular complexity index is 353. The highest BCUT2D eigenvalue weighted by Crippen LogP contribution is 2.26. The van der Waals surface area contributed by atoms with Gasteiger partial charge in [-0.15, -0.1) is 11.3 Å². The smallest absolute Gasteiger partial charge is 0.0790 e. The van der Waals surface area contributed by atoms with Crippen LogP contribution >= 0.6 is 27.3 Å². The van der Waals surface area contributed by atoms with Crippen LogP contribution in [-0.4, -0.2) is 10.2 Å². The van der Waals surface area contributed by atoms with Crippen molar-refractivity contribution in [1.82, 2.24) is 10.2 Å². The molecule has 2 aromatic heterocycles. The van der Waals surface area contributed by atoms with Crippen molar-refractivity contribution < 1.29 is 0 Å². The van der Waals surface area contributed by atoms with E-state index in [1.54, 1.807) is 11.3 Å². The zero-order valence-electron chi connectivity index (χ0n) is 6.25. The summed E-state index contributed by atoms with van der Waals surface area (Å²) in [5, 5.41) is 9.90. The van der Waals surface area contributed by atoms with Gasteiger partial charge in [-0.2, -0.15) is 5.10 Å². The third-order valence-corrected chi connectivity index (χ3v) is 3.12. The fourth-order valence-electron chi connectivity index (χ4n) is 1.05. The van der Waals surface area contributed by atoms with E-state index in [0.717, 1.165) is 11.0 Å². The monoisotopic (exact) mass is 242 g/mol. The van der Waals surface area contributed by atoms with Crippen molar-refractivity contribution in [3.8, 4) is 10.6 Å². The maximum atomic E-state index is 4.00. The third kappa shape index (κ3) is 1.32. The quantitative estimate of drug-likeness (QED) is 0.807. The minimum Gasteiger partial charge on any atom is -0.277 e. The van der Waals surface area contributed by atoms with E-state index in [1.807, 2.05) is 12.3 Å². The maximum absolute atomic E-state index is 4.00. The zero-order chi connectivity index (χ0) is 8.39. The Morgan fingerprint density at radius 1 is 1.58 bits per heavy atom. The highest BCUT2D eigenvalue weighted by molar-refractivity contribution is 9.08. The molecule has 1 N–H and O–H groups in total. The zero-order valence-corrected chi connectivity index (χ0v) is 8.65.